The van der Waals surface area contributed by atoms with Crippen LogP contribution in [0.3, 0.4) is 0 Å². The van der Waals surface area contributed by atoms with Crippen molar-refractivity contribution in [1.82, 2.24) is 10.6 Å². The summed E-state index contributed by atoms with van der Waals surface area (Å²) in [4.78, 5) is 11.5. The van der Waals surface area contributed by atoms with E-state index in [2.05, 4.69) is 10.6 Å². The summed E-state index contributed by atoms with van der Waals surface area (Å²) in [5.41, 5.74) is 0.818. The number of hydrogen-bond acceptors (Lipinski definition) is 3. The minimum atomic E-state index is -2.49. The van der Waals surface area contributed by atoms with Gasteiger partial charge in [0, 0.05) is 13.0 Å². The van der Waals surface area contributed by atoms with Gasteiger partial charge in [-0.25, -0.2) is 8.78 Å². The maximum atomic E-state index is 12.0. The van der Waals surface area contributed by atoms with Crippen molar-refractivity contribution in [2.45, 2.75) is 25.8 Å². The van der Waals surface area contributed by atoms with Crippen LogP contribution in [0.15, 0.2) is 24.3 Å². The molecule has 0 radical (unpaired) electrons. The van der Waals surface area contributed by atoms with Gasteiger partial charge in [-0.1, -0.05) is 12.1 Å². The predicted octanol–water partition coefficient (Wildman–Crippen LogP) is 1.95. The molecule has 0 unspecified atom stereocenters. The standard InChI is InChI=1S/C14H20F2N2O2/c1-17-7-3-6-14(19)18-9-11-4-2-5-12(8-11)20-10-13(15)16/h2,4-5,8,13,17H,3,6-7,9-10H2,1H3,(H,18,19). The highest BCUT2D eigenvalue weighted by Crippen LogP contribution is 2.14. The Balaban J connectivity index is 2.36. The molecule has 1 aromatic carbocycles. The molecule has 20 heavy (non-hydrogen) atoms. The molecular weight excluding hydrogens is 266 g/mol. The smallest absolute Gasteiger partial charge is 0.272 e. The summed E-state index contributed by atoms with van der Waals surface area (Å²) in [5.74, 6) is 0.353. The maximum absolute atomic E-state index is 12.0. The Hall–Kier alpha value is -1.69. The van der Waals surface area contributed by atoms with E-state index in [0.717, 1.165) is 18.5 Å². The van der Waals surface area contributed by atoms with Gasteiger partial charge in [-0.15, -0.1) is 0 Å². The van der Waals surface area contributed by atoms with Gasteiger partial charge in [0.1, 0.15) is 12.4 Å². The number of amides is 1. The number of halogens is 2. The molecule has 1 amide bonds. The molecule has 0 bridgehead atoms. The first-order valence-electron chi connectivity index (χ1n) is 6.53. The van der Waals surface area contributed by atoms with Crippen molar-refractivity contribution < 1.29 is 18.3 Å². The number of rotatable bonds is 9. The molecule has 1 rings (SSSR count). The predicted molar refractivity (Wildman–Crippen MR) is 72.9 cm³/mol. The summed E-state index contributed by atoms with van der Waals surface area (Å²) in [6.45, 7) is 0.536. The fourth-order valence-electron chi connectivity index (χ4n) is 1.62. The van der Waals surface area contributed by atoms with E-state index in [1.165, 1.54) is 0 Å². The van der Waals surface area contributed by atoms with E-state index < -0.39 is 13.0 Å². The summed E-state index contributed by atoms with van der Waals surface area (Å²) in [6.07, 6.45) is -1.26. The maximum Gasteiger partial charge on any atom is 0.272 e. The van der Waals surface area contributed by atoms with E-state index in [-0.39, 0.29) is 5.91 Å². The molecule has 1 aromatic rings. The third-order valence-corrected chi connectivity index (χ3v) is 2.59. The normalized spacial score (nSPS) is 10.6. The molecule has 6 heteroatoms. The van der Waals surface area contributed by atoms with Crippen molar-refractivity contribution in [2.24, 2.45) is 0 Å². The summed E-state index contributed by atoms with van der Waals surface area (Å²) in [6, 6.07) is 6.78. The van der Waals surface area contributed by atoms with Gasteiger partial charge in [0.15, 0.2) is 0 Å². The average molecular weight is 286 g/mol. The first-order valence-corrected chi connectivity index (χ1v) is 6.53. The van der Waals surface area contributed by atoms with Gasteiger partial charge in [-0.05, 0) is 37.7 Å². The topological polar surface area (TPSA) is 50.4 Å². The third kappa shape index (κ3) is 7.04. The number of ether oxygens (including phenoxy) is 1. The molecule has 2 N–H and O–H groups in total. The Morgan fingerprint density at radius 3 is 2.90 bits per heavy atom. The van der Waals surface area contributed by atoms with Crippen molar-refractivity contribution in [1.29, 1.82) is 0 Å². The lowest BCUT2D eigenvalue weighted by Crippen LogP contribution is -2.23. The molecule has 0 aliphatic rings. The SMILES string of the molecule is CNCCCC(=O)NCc1cccc(OCC(F)F)c1. The van der Waals surface area contributed by atoms with Crippen LogP contribution in [-0.4, -0.2) is 32.5 Å². The second kappa shape index (κ2) is 9.25. The van der Waals surface area contributed by atoms with Gasteiger partial charge in [0.25, 0.3) is 6.43 Å². The molecule has 0 fully saturated rings. The molecule has 0 saturated heterocycles. The summed E-state index contributed by atoms with van der Waals surface area (Å²) in [5, 5.41) is 5.75. The van der Waals surface area contributed by atoms with Crippen LogP contribution in [-0.2, 0) is 11.3 Å². The summed E-state index contributed by atoms with van der Waals surface area (Å²) in [7, 11) is 1.84. The Kier molecular flexibility index (Phi) is 7.57. The highest BCUT2D eigenvalue weighted by molar-refractivity contribution is 5.75. The molecule has 0 spiro atoms. The average Bonchev–Trinajstić information content (AvgIpc) is 2.44. The monoisotopic (exact) mass is 286 g/mol. The minimum absolute atomic E-state index is 0.0286. The number of nitrogens with one attached hydrogen (secondary N) is 2. The number of carbonyl (C=O) groups is 1. The lowest BCUT2D eigenvalue weighted by atomic mass is 10.2. The molecule has 112 valence electrons. The van der Waals surface area contributed by atoms with Crippen molar-refractivity contribution in [3.05, 3.63) is 29.8 Å². The quantitative estimate of drug-likeness (QED) is 0.682. The van der Waals surface area contributed by atoms with Crippen LogP contribution < -0.4 is 15.4 Å². The molecule has 0 atom stereocenters. The van der Waals surface area contributed by atoms with Crippen molar-refractivity contribution in [2.75, 3.05) is 20.2 Å². The first-order chi connectivity index (χ1) is 9.61. The Labute approximate surface area is 117 Å². The summed E-state index contributed by atoms with van der Waals surface area (Å²) < 4.78 is 29.0. The van der Waals surface area contributed by atoms with Crippen molar-refractivity contribution in [3.8, 4) is 5.75 Å². The van der Waals surface area contributed by atoms with E-state index in [9.17, 15) is 13.6 Å². The molecule has 0 aliphatic heterocycles. The number of alkyl halides is 2. The Morgan fingerprint density at radius 1 is 1.40 bits per heavy atom. The fourth-order valence-corrected chi connectivity index (χ4v) is 1.62. The third-order valence-electron chi connectivity index (χ3n) is 2.59. The molecular formula is C14H20F2N2O2. The van der Waals surface area contributed by atoms with E-state index in [0.29, 0.717) is 18.7 Å². The number of hydrogen-bond donors (Lipinski definition) is 2. The van der Waals surface area contributed by atoms with Crippen LogP contribution in [0.4, 0.5) is 8.78 Å². The zero-order valence-corrected chi connectivity index (χ0v) is 11.5. The first kappa shape index (κ1) is 16.4. The lowest BCUT2D eigenvalue weighted by Gasteiger charge is -2.08. The Bertz CT molecular complexity index is 414. The highest BCUT2D eigenvalue weighted by atomic mass is 19.3. The van der Waals surface area contributed by atoms with Crippen LogP contribution in [0, 0.1) is 0 Å². The van der Waals surface area contributed by atoms with Gasteiger partial charge in [0.05, 0.1) is 0 Å². The van der Waals surface area contributed by atoms with Gasteiger partial charge in [0.2, 0.25) is 5.91 Å². The minimum Gasteiger partial charge on any atom is -0.488 e. The van der Waals surface area contributed by atoms with Crippen LogP contribution >= 0.6 is 0 Å². The summed E-state index contributed by atoms with van der Waals surface area (Å²) >= 11 is 0. The zero-order chi connectivity index (χ0) is 14.8. The fraction of sp³-hybridized carbons (Fsp3) is 0.500. The highest BCUT2D eigenvalue weighted by Gasteiger charge is 2.05. The second-order valence-corrected chi connectivity index (χ2v) is 4.33. The number of carbonyl (C=O) groups excluding carboxylic acids is 1. The van der Waals surface area contributed by atoms with Crippen LogP contribution in [0.2, 0.25) is 0 Å². The molecule has 0 heterocycles. The lowest BCUT2D eigenvalue weighted by molar-refractivity contribution is -0.121. The number of benzene rings is 1. The van der Waals surface area contributed by atoms with Gasteiger partial charge in [-0.2, -0.15) is 0 Å². The molecule has 0 aromatic heterocycles. The second-order valence-electron chi connectivity index (χ2n) is 4.33. The molecule has 4 nitrogen and oxygen atoms in total. The van der Waals surface area contributed by atoms with Crippen molar-refractivity contribution >= 4 is 5.91 Å². The van der Waals surface area contributed by atoms with Gasteiger partial charge < -0.3 is 15.4 Å². The molecule has 0 saturated carbocycles. The van der Waals surface area contributed by atoms with Crippen LogP contribution in [0.1, 0.15) is 18.4 Å². The van der Waals surface area contributed by atoms with E-state index >= 15 is 0 Å². The molecule has 0 aliphatic carbocycles. The van der Waals surface area contributed by atoms with E-state index in [4.69, 9.17) is 4.74 Å². The van der Waals surface area contributed by atoms with E-state index in [1.54, 1.807) is 18.2 Å². The van der Waals surface area contributed by atoms with Gasteiger partial charge >= 0.3 is 0 Å². The Morgan fingerprint density at radius 2 is 2.20 bits per heavy atom. The van der Waals surface area contributed by atoms with Crippen LogP contribution in [0.5, 0.6) is 5.75 Å². The zero-order valence-electron chi connectivity index (χ0n) is 11.5. The largest absolute Gasteiger partial charge is 0.488 e. The van der Waals surface area contributed by atoms with Crippen molar-refractivity contribution in [3.63, 3.8) is 0 Å². The van der Waals surface area contributed by atoms with Crippen LogP contribution in [0.25, 0.3) is 0 Å². The van der Waals surface area contributed by atoms with E-state index in [1.807, 2.05) is 13.1 Å². The van der Waals surface area contributed by atoms with Gasteiger partial charge in [-0.3, -0.25) is 4.79 Å².